The summed E-state index contributed by atoms with van der Waals surface area (Å²) in [4.78, 5) is 15.0. The van der Waals surface area contributed by atoms with Crippen molar-refractivity contribution in [1.29, 1.82) is 0 Å². The van der Waals surface area contributed by atoms with Gasteiger partial charge in [0.2, 0.25) is 0 Å². The van der Waals surface area contributed by atoms with Gasteiger partial charge in [-0.2, -0.15) is 21.6 Å². The first kappa shape index (κ1) is 30.4. The van der Waals surface area contributed by atoms with Crippen molar-refractivity contribution in [2.75, 3.05) is 6.54 Å². The summed E-state index contributed by atoms with van der Waals surface area (Å²) >= 11 is 0. The van der Waals surface area contributed by atoms with Crippen molar-refractivity contribution in [3.63, 3.8) is 0 Å². The summed E-state index contributed by atoms with van der Waals surface area (Å²) in [7, 11) is -5.82. The highest BCUT2D eigenvalue weighted by atomic mass is 32.2. The summed E-state index contributed by atoms with van der Waals surface area (Å²) in [5, 5.41) is 2.07. The second-order valence-electron chi connectivity index (χ2n) is 11.2. The topological polar surface area (TPSA) is 72.9 Å². The Morgan fingerprint density at radius 2 is 1.66 bits per heavy atom. The van der Waals surface area contributed by atoms with Crippen molar-refractivity contribution < 1.29 is 35.3 Å². The Morgan fingerprint density at radius 3 is 2.37 bits per heavy atom. The number of halogens is 3. The van der Waals surface area contributed by atoms with Crippen molar-refractivity contribution in [3.05, 3.63) is 89.5 Å². The zero-order valence-electron chi connectivity index (χ0n) is 23.4. The van der Waals surface area contributed by atoms with Crippen LogP contribution in [-0.2, 0) is 25.5 Å². The molecular weight excluding hydrogens is 555 g/mol. The molecule has 0 bridgehead atoms. The molecule has 0 fully saturated rings. The SMILES string of the molecule is C[C@H](c1cccc2ccccc12)N(CCC[C@@H]1C=C(OS(=O)(=O)C(F)(F)F)c2ccccc2C1)C(=O)OC(C)(C)C. The van der Waals surface area contributed by atoms with Crippen LogP contribution in [0.2, 0.25) is 0 Å². The third-order valence-corrected chi connectivity index (χ3v) is 7.94. The van der Waals surface area contributed by atoms with Crippen LogP contribution in [0.5, 0.6) is 0 Å². The normalized spacial score (nSPS) is 16.5. The highest BCUT2D eigenvalue weighted by Gasteiger charge is 2.49. The van der Waals surface area contributed by atoms with Gasteiger partial charge in [0.15, 0.2) is 0 Å². The van der Waals surface area contributed by atoms with Gasteiger partial charge in [-0.25, -0.2) is 4.79 Å². The van der Waals surface area contributed by atoms with Gasteiger partial charge < -0.3 is 13.8 Å². The van der Waals surface area contributed by atoms with Gasteiger partial charge in [-0.15, -0.1) is 0 Å². The first-order chi connectivity index (χ1) is 19.2. The first-order valence-electron chi connectivity index (χ1n) is 13.4. The number of carbonyl (C=O) groups excluding carboxylic acids is 1. The van der Waals surface area contributed by atoms with Gasteiger partial charge in [-0.05, 0) is 80.9 Å². The molecule has 0 radical (unpaired) electrons. The maximum Gasteiger partial charge on any atom is 0.534 e. The molecule has 1 amide bonds. The predicted molar refractivity (Wildman–Crippen MR) is 152 cm³/mol. The van der Waals surface area contributed by atoms with E-state index in [1.807, 2.05) is 49.4 Å². The first-order valence-corrected chi connectivity index (χ1v) is 14.9. The van der Waals surface area contributed by atoms with Crippen LogP contribution in [0.1, 0.15) is 63.3 Å². The van der Waals surface area contributed by atoms with Crippen molar-refractivity contribution in [2.45, 2.75) is 64.1 Å². The maximum absolute atomic E-state index is 13.4. The largest absolute Gasteiger partial charge is 0.534 e. The van der Waals surface area contributed by atoms with E-state index in [2.05, 4.69) is 4.18 Å². The summed E-state index contributed by atoms with van der Waals surface area (Å²) in [6, 6.07) is 20.2. The van der Waals surface area contributed by atoms with Crippen molar-refractivity contribution in [1.82, 2.24) is 4.90 Å². The lowest BCUT2D eigenvalue weighted by Crippen LogP contribution is -2.39. The smallest absolute Gasteiger partial charge is 0.444 e. The Balaban J connectivity index is 1.56. The average molecular weight is 590 g/mol. The second kappa shape index (κ2) is 11.8. The van der Waals surface area contributed by atoms with Gasteiger partial charge in [0, 0.05) is 12.1 Å². The molecule has 3 aromatic carbocycles. The van der Waals surface area contributed by atoms with Crippen molar-refractivity contribution >= 4 is 32.7 Å². The molecule has 220 valence electrons. The second-order valence-corrected chi connectivity index (χ2v) is 12.7. The molecule has 0 heterocycles. The molecule has 0 saturated carbocycles. The fourth-order valence-electron chi connectivity index (χ4n) is 5.08. The lowest BCUT2D eigenvalue weighted by atomic mass is 9.86. The van der Waals surface area contributed by atoms with E-state index in [-0.39, 0.29) is 17.7 Å². The minimum absolute atomic E-state index is 0.295. The molecule has 0 aliphatic heterocycles. The molecule has 4 rings (SSSR count). The Morgan fingerprint density at radius 1 is 1.00 bits per heavy atom. The van der Waals surface area contributed by atoms with Crippen LogP contribution in [0.4, 0.5) is 18.0 Å². The van der Waals surface area contributed by atoms with Gasteiger partial charge in [-0.3, -0.25) is 0 Å². The summed E-state index contributed by atoms with van der Waals surface area (Å²) in [6.07, 6.45) is 2.45. The summed E-state index contributed by atoms with van der Waals surface area (Å²) in [6.45, 7) is 7.66. The number of rotatable bonds is 8. The molecule has 2 atom stereocenters. The minimum Gasteiger partial charge on any atom is -0.444 e. The third kappa shape index (κ3) is 7.22. The van der Waals surface area contributed by atoms with E-state index in [0.29, 0.717) is 36.9 Å². The molecule has 1 aliphatic carbocycles. The lowest BCUT2D eigenvalue weighted by Gasteiger charge is -2.33. The Hall–Kier alpha value is -3.53. The molecule has 6 nitrogen and oxygen atoms in total. The zero-order chi connectivity index (χ0) is 30.0. The van der Waals surface area contributed by atoms with Crippen LogP contribution >= 0.6 is 0 Å². The van der Waals surface area contributed by atoms with Crippen LogP contribution in [-0.4, -0.2) is 37.1 Å². The van der Waals surface area contributed by atoms with Crippen LogP contribution in [0.15, 0.2) is 72.8 Å². The molecule has 0 unspecified atom stereocenters. The molecular formula is C31H34F3NO5S. The van der Waals surface area contributed by atoms with Gasteiger partial charge in [-0.1, -0.05) is 66.7 Å². The molecule has 1 aliphatic rings. The average Bonchev–Trinajstić information content (AvgIpc) is 2.88. The number of allylic oxidation sites excluding steroid dienone is 1. The number of hydrogen-bond donors (Lipinski definition) is 0. The van der Waals surface area contributed by atoms with Crippen LogP contribution in [0, 0.1) is 5.92 Å². The molecule has 3 aromatic rings. The monoisotopic (exact) mass is 589 g/mol. The van der Waals surface area contributed by atoms with Crippen molar-refractivity contribution in [3.8, 4) is 0 Å². The number of alkyl halides is 3. The quantitative estimate of drug-likeness (QED) is 0.197. The van der Waals surface area contributed by atoms with E-state index >= 15 is 0 Å². The van der Waals surface area contributed by atoms with Crippen LogP contribution in [0.3, 0.4) is 0 Å². The van der Waals surface area contributed by atoms with E-state index in [1.54, 1.807) is 49.9 Å². The molecule has 0 aromatic heterocycles. The lowest BCUT2D eigenvalue weighted by molar-refractivity contribution is -0.0509. The Bertz CT molecular complexity index is 1540. The fourth-order valence-corrected chi connectivity index (χ4v) is 5.55. The minimum atomic E-state index is -5.82. The fraction of sp³-hybridized carbons (Fsp3) is 0.387. The summed E-state index contributed by atoms with van der Waals surface area (Å²) in [5.74, 6) is -0.626. The van der Waals surface area contributed by atoms with Gasteiger partial charge in [0.05, 0.1) is 6.04 Å². The molecule has 0 N–H and O–H groups in total. The van der Waals surface area contributed by atoms with Gasteiger partial charge >= 0.3 is 21.7 Å². The number of hydrogen-bond acceptors (Lipinski definition) is 5. The van der Waals surface area contributed by atoms with Crippen LogP contribution in [0.25, 0.3) is 16.5 Å². The van der Waals surface area contributed by atoms with E-state index in [0.717, 1.165) is 16.3 Å². The summed E-state index contributed by atoms with van der Waals surface area (Å²) in [5.41, 5.74) is -4.27. The maximum atomic E-state index is 13.4. The number of benzene rings is 3. The number of amides is 1. The summed E-state index contributed by atoms with van der Waals surface area (Å²) < 4.78 is 73.1. The number of fused-ring (bicyclic) bond motifs is 2. The van der Waals surface area contributed by atoms with E-state index in [9.17, 15) is 26.4 Å². The number of nitrogens with zero attached hydrogens (tertiary/aromatic N) is 1. The number of carbonyl (C=O) groups is 1. The van der Waals surface area contributed by atoms with Gasteiger partial charge in [0.25, 0.3) is 0 Å². The predicted octanol–water partition coefficient (Wildman–Crippen LogP) is 8.00. The molecule has 41 heavy (non-hydrogen) atoms. The third-order valence-electron chi connectivity index (χ3n) is 6.98. The molecule has 0 saturated heterocycles. The molecule has 0 spiro atoms. The highest BCUT2D eigenvalue weighted by Crippen LogP contribution is 2.37. The van der Waals surface area contributed by atoms with E-state index in [1.165, 1.54) is 6.08 Å². The zero-order valence-corrected chi connectivity index (χ0v) is 24.3. The Kier molecular flexibility index (Phi) is 8.73. The number of ether oxygens (including phenoxy) is 1. The molecule has 10 heteroatoms. The van der Waals surface area contributed by atoms with Crippen LogP contribution < -0.4 is 0 Å². The van der Waals surface area contributed by atoms with E-state index < -0.39 is 27.3 Å². The van der Waals surface area contributed by atoms with Crippen molar-refractivity contribution in [2.24, 2.45) is 5.92 Å². The highest BCUT2D eigenvalue weighted by molar-refractivity contribution is 7.87. The van der Waals surface area contributed by atoms with E-state index in [4.69, 9.17) is 4.74 Å². The standard InChI is InChI=1S/C31H34F3NO5S/c1-21(25-17-9-14-23-12-5-7-15-26(23)25)35(29(36)39-30(2,3)4)18-10-11-22-19-24-13-6-8-16-27(24)28(20-22)40-41(37,38)31(32,33)34/h5-9,12-17,20-22H,10-11,18-19H2,1-4H3/t21-,22+/m1/s1. The van der Waals surface area contributed by atoms with Gasteiger partial charge in [0.1, 0.15) is 11.4 Å². The Labute approximate surface area is 238 Å².